The third kappa shape index (κ3) is 4.58. The van der Waals surface area contributed by atoms with Crippen LogP contribution in [0.1, 0.15) is 20.7 Å². The summed E-state index contributed by atoms with van der Waals surface area (Å²) in [6.45, 7) is 0. The van der Waals surface area contributed by atoms with Crippen molar-refractivity contribution in [2.45, 2.75) is 0 Å². The van der Waals surface area contributed by atoms with E-state index in [-0.39, 0.29) is 11.6 Å². The largest absolute Gasteiger partial charge is 0.472 e. The van der Waals surface area contributed by atoms with Gasteiger partial charge < -0.3 is 4.74 Å². The second-order valence-electron chi connectivity index (χ2n) is 4.20. The van der Waals surface area contributed by atoms with E-state index in [1.165, 1.54) is 24.7 Å². The topological polar surface area (TPSA) is 43.4 Å². The highest BCUT2D eigenvalue weighted by Crippen LogP contribution is 2.02. The number of benzene rings is 2. The zero-order valence-electron chi connectivity index (χ0n) is 11.3. The molecule has 0 amide bonds. The van der Waals surface area contributed by atoms with Gasteiger partial charge in [0.05, 0.1) is 12.5 Å². The van der Waals surface area contributed by atoms with Crippen LogP contribution in [0, 0.1) is 0 Å². The van der Waals surface area contributed by atoms with E-state index in [4.69, 9.17) is 4.74 Å². The van der Waals surface area contributed by atoms with Crippen molar-refractivity contribution in [3.8, 4) is 0 Å². The lowest BCUT2D eigenvalue weighted by atomic mass is 10.1. The van der Waals surface area contributed by atoms with Crippen molar-refractivity contribution in [3.05, 3.63) is 96.5 Å². The molecule has 104 valence electrons. The molecule has 0 fully saturated rings. The summed E-state index contributed by atoms with van der Waals surface area (Å²) in [5.41, 5.74) is 1.17. The first-order chi connectivity index (χ1) is 10.3. The van der Waals surface area contributed by atoms with Crippen molar-refractivity contribution in [1.29, 1.82) is 0 Å². The van der Waals surface area contributed by atoms with E-state index in [1.807, 2.05) is 12.1 Å². The molecule has 2 aromatic carbocycles. The number of ketones is 2. The second kappa shape index (κ2) is 7.60. The lowest BCUT2D eigenvalue weighted by Crippen LogP contribution is -1.94. The van der Waals surface area contributed by atoms with Crippen LogP contribution in [0.25, 0.3) is 0 Å². The number of rotatable bonds is 6. The molecule has 0 atom stereocenters. The number of carbonyl (C=O) groups excluding carboxylic acids is 2. The Morgan fingerprint density at radius 1 is 0.667 bits per heavy atom. The summed E-state index contributed by atoms with van der Waals surface area (Å²) in [6.07, 6.45) is 5.13. The summed E-state index contributed by atoms with van der Waals surface area (Å²) in [6, 6.07) is 17.7. The van der Waals surface area contributed by atoms with Crippen LogP contribution >= 0.6 is 0 Å². The summed E-state index contributed by atoms with van der Waals surface area (Å²) in [5.74, 6) is -0.309. The van der Waals surface area contributed by atoms with Gasteiger partial charge in [-0.25, -0.2) is 0 Å². The molecule has 0 saturated heterocycles. The molecule has 3 heteroatoms. The van der Waals surface area contributed by atoms with E-state index in [2.05, 4.69) is 0 Å². The number of ether oxygens (including phenoxy) is 1. The quantitative estimate of drug-likeness (QED) is 0.458. The molecule has 0 radical (unpaired) electrons. The molecule has 0 heterocycles. The van der Waals surface area contributed by atoms with E-state index < -0.39 is 0 Å². The zero-order chi connectivity index (χ0) is 14.9. The van der Waals surface area contributed by atoms with E-state index in [9.17, 15) is 9.59 Å². The molecular formula is C18H14O3. The molecule has 0 saturated carbocycles. The second-order valence-corrected chi connectivity index (χ2v) is 4.20. The summed E-state index contributed by atoms with van der Waals surface area (Å²) in [7, 11) is 0. The zero-order valence-corrected chi connectivity index (χ0v) is 11.3. The Morgan fingerprint density at radius 2 is 1.05 bits per heavy atom. The fraction of sp³-hybridized carbons (Fsp3) is 0. The average Bonchev–Trinajstić information content (AvgIpc) is 2.55. The Kier molecular flexibility index (Phi) is 5.24. The maximum atomic E-state index is 11.7. The van der Waals surface area contributed by atoms with Gasteiger partial charge in [0, 0.05) is 23.3 Å². The number of hydrogen-bond donors (Lipinski definition) is 0. The van der Waals surface area contributed by atoms with Crippen molar-refractivity contribution in [3.63, 3.8) is 0 Å². The molecule has 0 aromatic heterocycles. The molecule has 0 unspecified atom stereocenters. The molecule has 2 rings (SSSR count). The minimum Gasteiger partial charge on any atom is -0.472 e. The SMILES string of the molecule is O=C(/C=C\O/C=C/C(=O)c1ccccc1)c1ccccc1. The molecular weight excluding hydrogens is 264 g/mol. The fourth-order valence-electron chi connectivity index (χ4n) is 1.64. The van der Waals surface area contributed by atoms with Crippen molar-refractivity contribution in [1.82, 2.24) is 0 Å². The molecule has 0 aliphatic heterocycles. The fourth-order valence-corrected chi connectivity index (χ4v) is 1.64. The van der Waals surface area contributed by atoms with Crippen molar-refractivity contribution >= 4 is 11.6 Å². The summed E-state index contributed by atoms with van der Waals surface area (Å²) >= 11 is 0. The Balaban J connectivity index is 1.84. The van der Waals surface area contributed by atoms with Crippen LogP contribution in [0.2, 0.25) is 0 Å². The standard InChI is InChI=1S/C18H14O3/c19-17(15-7-3-1-4-8-15)11-13-21-14-12-18(20)16-9-5-2-6-10-16/h1-14H/b13-11-,14-12+. The normalized spacial score (nSPS) is 10.9. The Labute approximate surface area is 123 Å². The molecule has 0 bridgehead atoms. The van der Waals surface area contributed by atoms with E-state index in [0.29, 0.717) is 11.1 Å². The van der Waals surface area contributed by atoms with Crippen LogP contribution in [0.3, 0.4) is 0 Å². The van der Waals surface area contributed by atoms with Gasteiger partial charge in [0.25, 0.3) is 0 Å². The summed E-state index contributed by atoms with van der Waals surface area (Å²) in [5, 5.41) is 0. The van der Waals surface area contributed by atoms with Gasteiger partial charge in [-0.1, -0.05) is 60.7 Å². The van der Waals surface area contributed by atoms with Gasteiger partial charge in [0.15, 0.2) is 11.6 Å². The highest BCUT2D eigenvalue weighted by atomic mass is 16.5. The molecule has 0 aliphatic rings. The third-order valence-electron chi connectivity index (χ3n) is 2.71. The molecule has 0 spiro atoms. The first-order valence-corrected chi connectivity index (χ1v) is 6.45. The highest BCUT2D eigenvalue weighted by molar-refractivity contribution is 6.04. The number of hydrogen-bond acceptors (Lipinski definition) is 3. The highest BCUT2D eigenvalue weighted by Gasteiger charge is 2.00. The first kappa shape index (κ1) is 14.5. The summed E-state index contributed by atoms with van der Waals surface area (Å²) < 4.78 is 5.02. The summed E-state index contributed by atoms with van der Waals surface area (Å²) in [4.78, 5) is 23.4. The van der Waals surface area contributed by atoms with Gasteiger partial charge in [0.2, 0.25) is 0 Å². The maximum absolute atomic E-state index is 11.7. The average molecular weight is 278 g/mol. The van der Waals surface area contributed by atoms with Gasteiger partial charge in [-0.05, 0) is 0 Å². The third-order valence-corrected chi connectivity index (χ3v) is 2.71. The lowest BCUT2D eigenvalue weighted by Gasteiger charge is -1.95. The van der Waals surface area contributed by atoms with Crippen LogP contribution in [0.4, 0.5) is 0 Å². The predicted octanol–water partition coefficient (Wildman–Crippen LogP) is 3.80. The number of allylic oxidation sites excluding steroid dienone is 2. The van der Waals surface area contributed by atoms with E-state index in [0.717, 1.165) is 0 Å². The van der Waals surface area contributed by atoms with Crippen LogP contribution < -0.4 is 0 Å². The predicted molar refractivity (Wildman–Crippen MR) is 80.9 cm³/mol. The molecule has 0 N–H and O–H groups in total. The van der Waals surface area contributed by atoms with Gasteiger partial charge >= 0.3 is 0 Å². The minimum absolute atomic E-state index is 0.154. The van der Waals surface area contributed by atoms with Crippen molar-refractivity contribution in [2.24, 2.45) is 0 Å². The maximum Gasteiger partial charge on any atom is 0.188 e. The van der Waals surface area contributed by atoms with E-state index in [1.54, 1.807) is 48.5 Å². The van der Waals surface area contributed by atoms with Crippen molar-refractivity contribution in [2.75, 3.05) is 0 Å². The lowest BCUT2D eigenvalue weighted by molar-refractivity contribution is 0.103. The molecule has 21 heavy (non-hydrogen) atoms. The minimum atomic E-state index is -0.154. The van der Waals surface area contributed by atoms with Crippen LogP contribution in [0.15, 0.2) is 85.3 Å². The molecule has 0 aliphatic carbocycles. The van der Waals surface area contributed by atoms with E-state index >= 15 is 0 Å². The smallest absolute Gasteiger partial charge is 0.188 e. The number of carbonyl (C=O) groups is 2. The Bertz CT molecular complexity index is 596. The van der Waals surface area contributed by atoms with Crippen LogP contribution in [-0.2, 0) is 4.74 Å². The van der Waals surface area contributed by atoms with Crippen LogP contribution in [0.5, 0.6) is 0 Å². The van der Waals surface area contributed by atoms with Gasteiger partial charge in [0.1, 0.15) is 0 Å². The van der Waals surface area contributed by atoms with Gasteiger partial charge in [-0.2, -0.15) is 0 Å². The first-order valence-electron chi connectivity index (χ1n) is 6.45. The van der Waals surface area contributed by atoms with Gasteiger partial charge in [-0.3, -0.25) is 9.59 Å². The van der Waals surface area contributed by atoms with Gasteiger partial charge in [-0.15, -0.1) is 0 Å². The van der Waals surface area contributed by atoms with Crippen LogP contribution in [-0.4, -0.2) is 11.6 Å². The monoisotopic (exact) mass is 278 g/mol. The Hall–Kier alpha value is -2.94. The van der Waals surface area contributed by atoms with Crippen molar-refractivity contribution < 1.29 is 14.3 Å². The Morgan fingerprint density at radius 3 is 1.43 bits per heavy atom. The molecule has 3 nitrogen and oxygen atoms in total. The molecule has 2 aromatic rings.